The molecule has 1 N–H and O–H groups in total. The number of rotatable bonds is 8. The molecule has 0 atom stereocenters. The first-order chi connectivity index (χ1) is 13.0. The van der Waals surface area contributed by atoms with Crippen molar-refractivity contribution >= 4 is 35.1 Å². The van der Waals surface area contributed by atoms with Gasteiger partial charge in [-0.2, -0.15) is 5.26 Å². The first kappa shape index (κ1) is 20.2. The van der Waals surface area contributed by atoms with Crippen LogP contribution in [-0.4, -0.2) is 30.0 Å². The van der Waals surface area contributed by atoms with E-state index in [1.807, 2.05) is 6.07 Å². The summed E-state index contributed by atoms with van der Waals surface area (Å²) in [6.45, 7) is 1.05. The van der Waals surface area contributed by atoms with Gasteiger partial charge in [-0.1, -0.05) is 24.3 Å². The van der Waals surface area contributed by atoms with Crippen molar-refractivity contribution in [2.24, 2.45) is 0 Å². The van der Waals surface area contributed by atoms with Gasteiger partial charge in [0.25, 0.3) is 5.91 Å². The summed E-state index contributed by atoms with van der Waals surface area (Å²) in [6, 6.07) is 15.7. The fourth-order valence-corrected chi connectivity index (χ4v) is 2.98. The first-order valence-corrected chi connectivity index (χ1v) is 9.12. The number of carbonyl (C=O) groups excluding carboxylic acids is 3. The Labute approximate surface area is 161 Å². The molecular weight excluding hydrogens is 364 g/mol. The van der Waals surface area contributed by atoms with Gasteiger partial charge in [0, 0.05) is 10.6 Å². The van der Waals surface area contributed by atoms with Gasteiger partial charge in [0.05, 0.1) is 23.8 Å². The third kappa shape index (κ3) is 6.60. The highest BCUT2D eigenvalue weighted by molar-refractivity contribution is 8.00. The predicted octanol–water partition coefficient (Wildman–Crippen LogP) is 3.23. The molecule has 6 nitrogen and oxygen atoms in total. The molecule has 0 saturated carbocycles. The number of esters is 1. The Morgan fingerprint density at radius 3 is 2.48 bits per heavy atom. The second-order valence-electron chi connectivity index (χ2n) is 5.64. The normalized spacial score (nSPS) is 9.93. The van der Waals surface area contributed by atoms with E-state index in [0.717, 1.165) is 5.56 Å². The minimum Gasteiger partial charge on any atom is -0.452 e. The van der Waals surface area contributed by atoms with Gasteiger partial charge in [-0.05, 0) is 36.8 Å². The number of benzene rings is 2. The zero-order valence-electron chi connectivity index (χ0n) is 14.7. The molecule has 7 heteroatoms. The van der Waals surface area contributed by atoms with Crippen LogP contribution < -0.4 is 5.32 Å². The molecular formula is C20H18N2O4S. The van der Waals surface area contributed by atoms with E-state index in [0.29, 0.717) is 22.6 Å². The number of thioether (sulfide) groups is 1. The van der Waals surface area contributed by atoms with Crippen LogP contribution >= 0.6 is 11.8 Å². The molecule has 1 amide bonds. The number of anilines is 1. The maximum absolute atomic E-state index is 12.3. The van der Waals surface area contributed by atoms with Crippen molar-refractivity contribution in [3.05, 3.63) is 59.7 Å². The van der Waals surface area contributed by atoms with Crippen LogP contribution in [0.1, 0.15) is 22.8 Å². The molecule has 2 aromatic rings. The van der Waals surface area contributed by atoms with Crippen molar-refractivity contribution in [3.8, 4) is 6.07 Å². The van der Waals surface area contributed by atoms with Crippen LogP contribution in [0.3, 0.4) is 0 Å². The fraction of sp³-hybridized carbons (Fsp3) is 0.200. The summed E-state index contributed by atoms with van der Waals surface area (Å²) < 4.78 is 5.08. The van der Waals surface area contributed by atoms with Crippen molar-refractivity contribution in [3.63, 3.8) is 0 Å². The summed E-state index contributed by atoms with van der Waals surface area (Å²) in [4.78, 5) is 36.0. The number of nitrogens with one attached hydrogen (secondary N) is 1. The quantitative estimate of drug-likeness (QED) is 0.556. The second kappa shape index (κ2) is 10.1. The van der Waals surface area contributed by atoms with Crippen LogP contribution in [0, 0.1) is 11.3 Å². The van der Waals surface area contributed by atoms with Gasteiger partial charge in [0.1, 0.15) is 5.78 Å². The summed E-state index contributed by atoms with van der Waals surface area (Å²) in [5.41, 5.74) is 1.72. The lowest BCUT2D eigenvalue weighted by Gasteiger charge is -2.09. The summed E-state index contributed by atoms with van der Waals surface area (Å²) in [7, 11) is 0. The van der Waals surface area contributed by atoms with Gasteiger partial charge in [0.2, 0.25) is 0 Å². The van der Waals surface area contributed by atoms with Crippen molar-refractivity contribution in [1.29, 1.82) is 5.26 Å². The van der Waals surface area contributed by atoms with Crippen molar-refractivity contribution in [1.82, 2.24) is 0 Å². The monoisotopic (exact) mass is 382 g/mol. The molecule has 0 spiro atoms. The third-order valence-corrected chi connectivity index (χ3v) is 4.61. The standard InChI is InChI=1S/C20H18N2O4S/c1-14(23)13-27-18-5-3-2-4-17(18)20(25)26-12-19(24)22-16-8-6-15(7-9-16)10-11-21/h2-9H,10,12-13H2,1H3,(H,22,24). The molecule has 0 heterocycles. The average Bonchev–Trinajstić information content (AvgIpc) is 2.66. The van der Waals surface area contributed by atoms with E-state index in [2.05, 4.69) is 5.32 Å². The summed E-state index contributed by atoms with van der Waals surface area (Å²) in [5.74, 6) is -0.832. The first-order valence-electron chi connectivity index (χ1n) is 8.13. The number of carbonyl (C=O) groups is 3. The van der Waals surface area contributed by atoms with E-state index in [1.165, 1.54) is 18.7 Å². The molecule has 0 aliphatic carbocycles. The molecule has 0 saturated heterocycles. The largest absolute Gasteiger partial charge is 0.452 e. The maximum atomic E-state index is 12.3. The molecule has 0 bridgehead atoms. The van der Waals surface area contributed by atoms with E-state index < -0.39 is 18.5 Å². The second-order valence-corrected chi connectivity index (χ2v) is 6.66. The minimum atomic E-state index is -0.624. The molecule has 0 unspecified atom stereocenters. The van der Waals surface area contributed by atoms with Crippen LogP contribution in [0.15, 0.2) is 53.4 Å². The average molecular weight is 382 g/mol. The van der Waals surface area contributed by atoms with E-state index >= 15 is 0 Å². The van der Waals surface area contributed by atoms with Gasteiger partial charge in [-0.3, -0.25) is 9.59 Å². The minimum absolute atomic E-state index is 0.00309. The number of ketones is 1. The molecule has 0 fully saturated rings. The topological polar surface area (TPSA) is 96.3 Å². The number of Topliss-reactive ketones (excluding diaryl/α,β-unsaturated/α-hetero) is 1. The molecule has 0 aromatic heterocycles. The van der Waals surface area contributed by atoms with Gasteiger partial charge >= 0.3 is 5.97 Å². The van der Waals surface area contributed by atoms with Gasteiger partial charge in [0.15, 0.2) is 6.61 Å². The van der Waals surface area contributed by atoms with E-state index in [1.54, 1.807) is 48.5 Å². The Balaban J connectivity index is 1.90. The molecule has 2 rings (SSSR count). The molecule has 138 valence electrons. The fourth-order valence-electron chi connectivity index (χ4n) is 2.14. The Morgan fingerprint density at radius 1 is 1.11 bits per heavy atom. The Bertz CT molecular complexity index is 872. The van der Waals surface area contributed by atoms with E-state index in [4.69, 9.17) is 10.00 Å². The highest BCUT2D eigenvalue weighted by Gasteiger charge is 2.15. The van der Waals surface area contributed by atoms with Crippen LogP contribution in [-0.2, 0) is 20.7 Å². The number of hydrogen-bond donors (Lipinski definition) is 1. The van der Waals surface area contributed by atoms with Crippen LogP contribution in [0.4, 0.5) is 5.69 Å². The van der Waals surface area contributed by atoms with Crippen molar-refractivity contribution in [2.75, 3.05) is 17.7 Å². The molecule has 0 aliphatic heterocycles. The zero-order valence-corrected chi connectivity index (χ0v) is 15.5. The van der Waals surface area contributed by atoms with E-state index in [9.17, 15) is 14.4 Å². The van der Waals surface area contributed by atoms with Gasteiger partial charge in [-0.25, -0.2) is 4.79 Å². The highest BCUT2D eigenvalue weighted by atomic mass is 32.2. The van der Waals surface area contributed by atoms with Crippen molar-refractivity contribution in [2.45, 2.75) is 18.2 Å². The van der Waals surface area contributed by atoms with Crippen molar-refractivity contribution < 1.29 is 19.1 Å². The number of nitriles is 1. The Kier molecular flexibility index (Phi) is 7.59. The molecule has 2 aromatic carbocycles. The Morgan fingerprint density at radius 2 is 1.81 bits per heavy atom. The molecule has 0 aliphatic rings. The van der Waals surface area contributed by atoms with Gasteiger partial charge in [-0.15, -0.1) is 11.8 Å². The number of amides is 1. The number of hydrogen-bond acceptors (Lipinski definition) is 6. The lowest BCUT2D eigenvalue weighted by molar-refractivity contribution is -0.119. The summed E-state index contributed by atoms with van der Waals surface area (Å²) >= 11 is 1.25. The number of ether oxygens (including phenoxy) is 1. The summed E-state index contributed by atoms with van der Waals surface area (Å²) in [6.07, 6.45) is 0.299. The summed E-state index contributed by atoms with van der Waals surface area (Å²) in [5, 5.41) is 11.3. The zero-order chi connectivity index (χ0) is 19.6. The van der Waals surface area contributed by atoms with Crippen LogP contribution in [0.2, 0.25) is 0 Å². The molecule has 27 heavy (non-hydrogen) atoms. The van der Waals surface area contributed by atoms with Crippen LogP contribution in [0.5, 0.6) is 0 Å². The lowest BCUT2D eigenvalue weighted by Crippen LogP contribution is -2.21. The smallest absolute Gasteiger partial charge is 0.339 e. The van der Waals surface area contributed by atoms with Crippen LogP contribution in [0.25, 0.3) is 0 Å². The highest BCUT2D eigenvalue weighted by Crippen LogP contribution is 2.23. The number of nitrogens with zero attached hydrogens (tertiary/aromatic N) is 1. The SMILES string of the molecule is CC(=O)CSc1ccccc1C(=O)OCC(=O)Nc1ccc(CC#N)cc1. The molecule has 0 radical (unpaired) electrons. The van der Waals surface area contributed by atoms with E-state index in [-0.39, 0.29) is 11.5 Å². The maximum Gasteiger partial charge on any atom is 0.339 e. The predicted molar refractivity (Wildman–Crippen MR) is 103 cm³/mol. The lowest BCUT2D eigenvalue weighted by atomic mass is 10.1. The van der Waals surface area contributed by atoms with Gasteiger partial charge < -0.3 is 10.1 Å². The third-order valence-electron chi connectivity index (χ3n) is 3.39. The Hall–Kier alpha value is -3.11.